The molecule has 0 aliphatic rings. The summed E-state index contributed by atoms with van der Waals surface area (Å²) in [6, 6.07) is 6.15. The second-order valence-corrected chi connectivity index (χ2v) is 3.96. The first-order valence-electron chi connectivity index (χ1n) is 4.63. The van der Waals surface area contributed by atoms with Gasteiger partial charge in [0.05, 0.1) is 5.69 Å². The third kappa shape index (κ3) is 2.41. The number of aromatic nitrogens is 1. The fourth-order valence-corrected chi connectivity index (χ4v) is 1.97. The van der Waals surface area contributed by atoms with Crippen molar-refractivity contribution in [2.45, 2.75) is 0 Å². The van der Waals surface area contributed by atoms with Gasteiger partial charge in [0.1, 0.15) is 17.1 Å². The molecular formula is C12H8FNOS. The predicted molar refractivity (Wildman–Crippen MR) is 62.6 cm³/mol. The molecule has 0 spiro atoms. The van der Waals surface area contributed by atoms with E-state index in [9.17, 15) is 9.18 Å². The Kier molecular flexibility index (Phi) is 3.22. The van der Waals surface area contributed by atoms with E-state index in [1.807, 2.05) is 5.38 Å². The maximum Gasteiger partial charge on any atom is 0.142 e. The summed E-state index contributed by atoms with van der Waals surface area (Å²) < 4.78 is 12.7. The van der Waals surface area contributed by atoms with Crippen molar-refractivity contribution >= 4 is 23.7 Å². The number of carbonyl (C=O) groups is 1. The van der Waals surface area contributed by atoms with Gasteiger partial charge in [0.25, 0.3) is 0 Å². The van der Waals surface area contributed by atoms with Crippen LogP contribution < -0.4 is 0 Å². The lowest BCUT2D eigenvalue weighted by Gasteiger charge is -1.94. The number of hydrogen-bond acceptors (Lipinski definition) is 3. The van der Waals surface area contributed by atoms with E-state index in [0.717, 1.165) is 16.3 Å². The molecule has 4 heteroatoms. The normalized spacial score (nSPS) is 10.8. The van der Waals surface area contributed by atoms with Crippen LogP contribution >= 0.6 is 11.3 Å². The average Bonchev–Trinajstić information content (AvgIpc) is 2.76. The van der Waals surface area contributed by atoms with Crippen LogP contribution in [0.15, 0.2) is 35.7 Å². The highest BCUT2D eigenvalue weighted by molar-refractivity contribution is 7.10. The van der Waals surface area contributed by atoms with Crippen LogP contribution in [-0.2, 0) is 4.79 Å². The van der Waals surface area contributed by atoms with E-state index in [2.05, 4.69) is 4.98 Å². The Labute approximate surface area is 96.1 Å². The minimum absolute atomic E-state index is 0.264. The van der Waals surface area contributed by atoms with E-state index in [1.54, 1.807) is 18.2 Å². The molecule has 16 heavy (non-hydrogen) atoms. The summed E-state index contributed by atoms with van der Waals surface area (Å²) in [5.41, 5.74) is 1.65. The fraction of sp³-hybridized carbons (Fsp3) is 0. The van der Waals surface area contributed by atoms with Gasteiger partial charge in [-0.1, -0.05) is 0 Å². The van der Waals surface area contributed by atoms with Crippen molar-refractivity contribution in [3.05, 3.63) is 46.5 Å². The molecule has 0 bridgehead atoms. The van der Waals surface area contributed by atoms with Crippen LogP contribution in [0.4, 0.5) is 4.39 Å². The highest BCUT2D eigenvalue weighted by Crippen LogP contribution is 2.22. The third-order valence-corrected chi connectivity index (χ3v) is 2.79. The van der Waals surface area contributed by atoms with E-state index in [-0.39, 0.29) is 5.82 Å². The van der Waals surface area contributed by atoms with Crippen LogP contribution in [-0.4, -0.2) is 11.3 Å². The highest BCUT2D eigenvalue weighted by Gasteiger charge is 2.02. The molecule has 0 amide bonds. The summed E-state index contributed by atoms with van der Waals surface area (Å²) in [6.45, 7) is 0. The molecule has 0 saturated heterocycles. The smallest absolute Gasteiger partial charge is 0.142 e. The Morgan fingerprint density at radius 2 is 2.00 bits per heavy atom. The Morgan fingerprint density at radius 3 is 2.69 bits per heavy atom. The number of carbonyl (C=O) groups excluding carboxylic acids is 1. The lowest BCUT2D eigenvalue weighted by molar-refractivity contribution is -0.104. The zero-order valence-corrected chi connectivity index (χ0v) is 9.08. The number of aldehydes is 1. The molecule has 0 aliphatic heterocycles. The molecule has 0 atom stereocenters. The van der Waals surface area contributed by atoms with Gasteiger partial charge >= 0.3 is 0 Å². The molecule has 2 nitrogen and oxygen atoms in total. The minimum atomic E-state index is -0.264. The first-order valence-corrected chi connectivity index (χ1v) is 5.51. The minimum Gasteiger partial charge on any atom is -0.299 e. The standard InChI is InChI=1S/C12H8FNOS/c13-10-5-3-9(4-6-10)11-8-16-12(14-11)2-1-7-15/h1-8H. The molecule has 0 fully saturated rings. The molecule has 0 N–H and O–H groups in total. The van der Waals surface area contributed by atoms with Gasteiger partial charge in [-0.2, -0.15) is 0 Å². The van der Waals surface area contributed by atoms with Crippen molar-refractivity contribution in [1.29, 1.82) is 0 Å². The number of thiazole rings is 1. The summed E-state index contributed by atoms with van der Waals surface area (Å²) in [6.07, 6.45) is 3.75. The predicted octanol–water partition coefficient (Wildman–Crippen LogP) is 3.16. The van der Waals surface area contributed by atoms with Crippen molar-refractivity contribution < 1.29 is 9.18 Å². The lowest BCUT2D eigenvalue weighted by atomic mass is 10.2. The second kappa shape index (κ2) is 4.81. The summed E-state index contributed by atoms with van der Waals surface area (Å²) in [4.78, 5) is 14.4. The van der Waals surface area contributed by atoms with E-state index >= 15 is 0 Å². The monoisotopic (exact) mass is 233 g/mol. The van der Waals surface area contributed by atoms with Crippen molar-refractivity contribution in [1.82, 2.24) is 4.98 Å². The average molecular weight is 233 g/mol. The Morgan fingerprint density at radius 1 is 1.25 bits per heavy atom. The summed E-state index contributed by atoms with van der Waals surface area (Å²) >= 11 is 1.44. The summed E-state index contributed by atoms with van der Waals surface area (Å²) in [7, 11) is 0. The first kappa shape index (κ1) is 10.7. The summed E-state index contributed by atoms with van der Waals surface area (Å²) in [5.74, 6) is -0.264. The van der Waals surface area contributed by atoms with Gasteiger partial charge in [-0.25, -0.2) is 9.37 Å². The van der Waals surface area contributed by atoms with Crippen LogP contribution in [0.5, 0.6) is 0 Å². The second-order valence-electron chi connectivity index (χ2n) is 3.07. The molecule has 1 aromatic carbocycles. The largest absolute Gasteiger partial charge is 0.299 e. The molecular weight excluding hydrogens is 225 g/mol. The van der Waals surface area contributed by atoms with Gasteiger partial charge < -0.3 is 0 Å². The van der Waals surface area contributed by atoms with Gasteiger partial charge in [0, 0.05) is 10.9 Å². The quantitative estimate of drug-likeness (QED) is 0.602. The Bertz CT molecular complexity index is 516. The number of allylic oxidation sites excluding steroid dienone is 1. The van der Waals surface area contributed by atoms with Crippen LogP contribution in [0.1, 0.15) is 5.01 Å². The van der Waals surface area contributed by atoms with Crippen molar-refractivity contribution in [3.8, 4) is 11.3 Å². The van der Waals surface area contributed by atoms with Gasteiger partial charge in [-0.15, -0.1) is 11.3 Å². The Balaban J connectivity index is 2.27. The fourth-order valence-electron chi connectivity index (χ4n) is 1.24. The number of halogens is 1. The van der Waals surface area contributed by atoms with Crippen LogP contribution in [0.2, 0.25) is 0 Å². The van der Waals surface area contributed by atoms with Gasteiger partial charge in [0.2, 0.25) is 0 Å². The maximum atomic E-state index is 12.7. The molecule has 2 aromatic rings. The molecule has 0 radical (unpaired) electrons. The topological polar surface area (TPSA) is 30.0 Å². The maximum absolute atomic E-state index is 12.7. The van der Waals surface area contributed by atoms with Crippen LogP contribution in [0, 0.1) is 5.82 Å². The van der Waals surface area contributed by atoms with Gasteiger partial charge in [0.15, 0.2) is 0 Å². The zero-order chi connectivity index (χ0) is 11.4. The van der Waals surface area contributed by atoms with Crippen molar-refractivity contribution in [3.63, 3.8) is 0 Å². The van der Waals surface area contributed by atoms with Crippen molar-refractivity contribution in [2.24, 2.45) is 0 Å². The number of benzene rings is 1. The molecule has 0 aliphatic carbocycles. The van der Waals surface area contributed by atoms with E-state index in [1.165, 1.54) is 29.5 Å². The van der Waals surface area contributed by atoms with Crippen LogP contribution in [0.25, 0.3) is 17.3 Å². The summed E-state index contributed by atoms with van der Waals surface area (Å²) in [5, 5.41) is 2.63. The third-order valence-electron chi connectivity index (χ3n) is 1.98. The molecule has 0 unspecified atom stereocenters. The van der Waals surface area contributed by atoms with Crippen LogP contribution in [0.3, 0.4) is 0 Å². The molecule has 0 saturated carbocycles. The zero-order valence-electron chi connectivity index (χ0n) is 8.26. The SMILES string of the molecule is O=CC=Cc1nc(-c2ccc(F)cc2)cs1. The number of hydrogen-bond donors (Lipinski definition) is 0. The van der Waals surface area contributed by atoms with Crippen molar-refractivity contribution in [2.75, 3.05) is 0 Å². The molecule has 80 valence electrons. The first-order chi connectivity index (χ1) is 7.79. The molecule has 1 aromatic heterocycles. The van der Waals surface area contributed by atoms with E-state index in [0.29, 0.717) is 6.29 Å². The van der Waals surface area contributed by atoms with Gasteiger partial charge in [-0.3, -0.25) is 4.79 Å². The Hall–Kier alpha value is -1.81. The highest BCUT2D eigenvalue weighted by atomic mass is 32.1. The molecule has 1 heterocycles. The number of rotatable bonds is 3. The van der Waals surface area contributed by atoms with E-state index < -0.39 is 0 Å². The van der Waals surface area contributed by atoms with E-state index in [4.69, 9.17) is 0 Å². The molecule has 2 rings (SSSR count). The van der Waals surface area contributed by atoms with Gasteiger partial charge in [-0.05, 0) is 36.4 Å². The lowest BCUT2D eigenvalue weighted by Crippen LogP contribution is -1.79. The number of nitrogens with zero attached hydrogens (tertiary/aromatic N) is 1.